The molecule has 0 radical (unpaired) electrons. The Hall–Kier alpha value is -2.61. The van der Waals surface area contributed by atoms with E-state index in [4.69, 9.17) is 4.74 Å². The Kier molecular flexibility index (Phi) is 3.85. The summed E-state index contributed by atoms with van der Waals surface area (Å²) < 4.78 is 6.92. The molecule has 1 aromatic heterocycles. The van der Waals surface area contributed by atoms with Crippen LogP contribution in [0.3, 0.4) is 0 Å². The first-order chi connectivity index (χ1) is 9.56. The number of imidazole rings is 1. The van der Waals surface area contributed by atoms with Crippen molar-refractivity contribution in [2.24, 2.45) is 7.05 Å². The summed E-state index contributed by atoms with van der Waals surface area (Å²) in [6, 6.07) is 7.49. The summed E-state index contributed by atoms with van der Waals surface area (Å²) in [5.74, 6) is -0.705. The van der Waals surface area contributed by atoms with Crippen molar-refractivity contribution in [2.75, 3.05) is 7.11 Å². The number of nitrogens with zero attached hydrogens (tertiary/aromatic N) is 3. The van der Waals surface area contributed by atoms with Gasteiger partial charge in [0, 0.05) is 18.8 Å². The average molecular weight is 269 g/mol. The molecule has 0 saturated heterocycles. The molecule has 0 amide bonds. The van der Waals surface area contributed by atoms with Gasteiger partial charge in [-0.2, -0.15) is 5.26 Å². The van der Waals surface area contributed by atoms with Crippen LogP contribution >= 0.6 is 0 Å². The lowest BCUT2D eigenvalue weighted by Crippen LogP contribution is -2.13. The predicted octanol–water partition coefficient (Wildman–Crippen LogP) is 2.23. The van der Waals surface area contributed by atoms with Crippen molar-refractivity contribution in [1.29, 1.82) is 5.26 Å². The third-order valence-electron chi connectivity index (χ3n) is 3.04. The molecule has 5 nitrogen and oxygen atoms in total. The molecule has 0 aliphatic rings. The lowest BCUT2D eigenvalue weighted by atomic mass is 9.92. The van der Waals surface area contributed by atoms with Gasteiger partial charge in [0.25, 0.3) is 0 Å². The number of carbonyl (C=O) groups excluding carboxylic acids is 1. The Bertz CT molecular complexity index is 683. The fraction of sp³-hybridized carbons (Fsp3) is 0.267. The second-order valence-electron chi connectivity index (χ2n) is 4.60. The van der Waals surface area contributed by atoms with Gasteiger partial charge in [-0.25, -0.2) is 4.98 Å². The highest BCUT2D eigenvalue weighted by atomic mass is 16.5. The fourth-order valence-electron chi connectivity index (χ4n) is 2.04. The van der Waals surface area contributed by atoms with Gasteiger partial charge in [0.2, 0.25) is 5.78 Å². The smallest absolute Gasteiger partial charge is 0.204 e. The zero-order valence-electron chi connectivity index (χ0n) is 11.6. The SMILES string of the molecule is COc1ccc(C)cc1C(C#N)C(=O)c1cn(C)cn1. The van der Waals surface area contributed by atoms with E-state index in [1.165, 1.54) is 13.4 Å². The van der Waals surface area contributed by atoms with Crippen LogP contribution in [-0.4, -0.2) is 22.4 Å². The maximum absolute atomic E-state index is 12.4. The zero-order chi connectivity index (χ0) is 14.7. The van der Waals surface area contributed by atoms with E-state index in [0.717, 1.165) is 5.56 Å². The summed E-state index contributed by atoms with van der Waals surface area (Å²) in [7, 11) is 3.30. The van der Waals surface area contributed by atoms with E-state index in [2.05, 4.69) is 4.98 Å². The number of ketones is 1. The summed E-state index contributed by atoms with van der Waals surface area (Å²) in [5.41, 5.74) is 1.82. The molecule has 20 heavy (non-hydrogen) atoms. The maximum Gasteiger partial charge on any atom is 0.204 e. The third kappa shape index (κ3) is 2.54. The first-order valence-corrected chi connectivity index (χ1v) is 6.13. The van der Waals surface area contributed by atoms with E-state index >= 15 is 0 Å². The van der Waals surface area contributed by atoms with Crippen LogP contribution in [0, 0.1) is 18.3 Å². The van der Waals surface area contributed by atoms with E-state index in [9.17, 15) is 10.1 Å². The van der Waals surface area contributed by atoms with Gasteiger partial charge in [-0.3, -0.25) is 4.79 Å². The fourth-order valence-corrected chi connectivity index (χ4v) is 2.04. The molecule has 0 aliphatic carbocycles. The number of methoxy groups -OCH3 is 1. The van der Waals surface area contributed by atoms with Gasteiger partial charge in [-0.05, 0) is 13.0 Å². The number of hydrogen-bond acceptors (Lipinski definition) is 4. The van der Waals surface area contributed by atoms with Gasteiger partial charge in [0.1, 0.15) is 17.4 Å². The van der Waals surface area contributed by atoms with Crippen molar-refractivity contribution in [3.63, 3.8) is 0 Å². The van der Waals surface area contributed by atoms with Crippen LogP contribution in [0.1, 0.15) is 27.5 Å². The predicted molar refractivity (Wildman–Crippen MR) is 73.6 cm³/mol. The number of benzene rings is 1. The van der Waals surface area contributed by atoms with Gasteiger partial charge in [-0.15, -0.1) is 0 Å². The van der Waals surface area contributed by atoms with Gasteiger partial charge in [0.05, 0.1) is 19.5 Å². The number of carbonyl (C=O) groups is 1. The third-order valence-corrected chi connectivity index (χ3v) is 3.04. The molecule has 1 unspecified atom stereocenters. The normalized spacial score (nSPS) is 11.7. The van der Waals surface area contributed by atoms with E-state index in [0.29, 0.717) is 11.3 Å². The standard InChI is InChI=1S/C15H15N3O2/c1-10-4-5-14(20-3)11(6-10)12(7-16)15(19)13-8-18(2)9-17-13/h4-6,8-9,12H,1-3H3. The van der Waals surface area contributed by atoms with Crippen molar-refractivity contribution >= 4 is 5.78 Å². The number of hydrogen-bond donors (Lipinski definition) is 0. The molecule has 0 fully saturated rings. The summed E-state index contributed by atoms with van der Waals surface area (Å²) in [6.45, 7) is 1.91. The molecule has 0 aliphatic heterocycles. The maximum atomic E-state index is 12.4. The molecular formula is C15H15N3O2. The molecule has 0 N–H and O–H groups in total. The van der Waals surface area contributed by atoms with Crippen LogP contribution in [0.15, 0.2) is 30.7 Å². The molecular weight excluding hydrogens is 254 g/mol. The van der Waals surface area contributed by atoms with Gasteiger partial charge < -0.3 is 9.30 Å². The highest BCUT2D eigenvalue weighted by Crippen LogP contribution is 2.29. The minimum atomic E-state index is -0.917. The first-order valence-electron chi connectivity index (χ1n) is 6.13. The van der Waals surface area contributed by atoms with Crippen molar-refractivity contribution in [3.8, 4) is 11.8 Å². The molecule has 2 rings (SSSR count). The Morgan fingerprint density at radius 3 is 2.80 bits per heavy atom. The lowest BCUT2D eigenvalue weighted by Gasteiger charge is -2.12. The van der Waals surface area contributed by atoms with Crippen LogP contribution < -0.4 is 4.74 Å². The monoisotopic (exact) mass is 269 g/mol. The van der Waals surface area contributed by atoms with Gasteiger partial charge in [0.15, 0.2) is 0 Å². The number of ether oxygens (including phenoxy) is 1. The molecule has 0 saturated carbocycles. The molecule has 2 aromatic rings. The zero-order valence-corrected chi connectivity index (χ0v) is 11.6. The van der Waals surface area contributed by atoms with Gasteiger partial charge in [-0.1, -0.05) is 17.7 Å². The van der Waals surface area contributed by atoms with Crippen LogP contribution in [-0.2, 0) is 7.05 Å². The quantitative estimate of drug-likeness (QED) is 0.798. The second kappa shape index (κ2) is 5.57. The minimum Gasteiger partial charge on any atom is -0.496 e. The molecule has 102 valence electrons. The molecule has 0 spiro atoms. The van der Waals surface area contributed by atoms with Crippen LogP contribution in [0.25, 0.3) is 0 Å². The number of nitriles is 1. The summed E-state index contributed by atoms with van der Waals surface area (Å²) in [4.78, 5) is 16.4. The number of aryl methyl sites for hydroxylation is 2. The molecule has 1 atom stereocenters. The molecule has 0 bridgehead atoms. The number of rotatable bonds is 4. The molecule has 1 heterocycles. The Balaban J connectivity index is 2.45. The summed E-state index contributed by atoms with van der Waals surface area (Å²) >= 11 is 0. The van der Waals surface area contributed by atoms with Crippen molar-refractivity contribution in [3.05, 3.63) is 47.5 Å². The highest BCUT2D eigenvalue weighted by molar-refractivity contribution is 6.01. The number of aromatic nitrogens is 2. The topological polar surface area (TPSA) is 67.9 Å². The summed E-state index contributed by atoms with van der Waals surface area (Å²) in [5, 5.41) is 9.37. The Morgan fingerprint density at radius 1 is 1.50 bits per heavy atom. The summed E-state index contributed by atoms with van der Waals surface area (Å²) in [6.07, 6.45) is 3.14. The van der Waals surface area contributed by atoms with Crippen LogP contribution in [0.2, 0.25) is 0 Å². The van der Waals surface area contributed by atoms with Crippen LogP contribution in [0.4, 0.5) is 0 Å². The van der Waals surface area contributed by atoms with Crippen molar-refractivity contribution < 1.29 is 9.53 Å². The van der Waals surface area contributed by atoms with E-state index in [1.54, 1.807) is 29.9 Å². The molecule has 1 aromatic carbocycles. The minimum absolute atomic E-state index is 0.280. The number of Topliss-reactive ketones (excluding diaryl/α,β-unsaturated/α-hetero) is 1. The largest absolute Gasteiger partial charge is 0.496 e. The van der Waals surface area contributed by atoms with Crippen molar-refractivity contribution in [2.45, 2.75) is 12.8 Å². The van der Waals surface area contributed by atoms with Crippen molar-refractivity contribution in [1.82, 2.24) is 9.55 Å². The Labute approximate surface area is 117 Å². The van der Waals surface area contributed by atoms with E-state index in [-0.39, 0.29) is 11.5 Å². The average Bonchev–Trinajstić information content (AvgIpc) is 2.86. The van der Waals surface area contributed by atoms with E-state index in [1.807, 2.05) is 19.1 Å². The highest BCUT2D eigenvalue weighted by Gasteiger charge is 2.26. The van der Waals surface area contributed by atoms with Gasteiger partial charge >= 0.3 is 0 Å². The van der Waals surface area contributed by atoms with Crippen LogP contribution in [0.5, 0.6) is 5.75 Å². The Morgan fingerprint density at radius 2 is 2.25 bits per heavy atom. The van der Waals surface area contributed by atoms with E-state index < -0.39 is 5.92 Å². The first kappa shape index (κ1) is 13.8. The lowest BCUT2D eigenvalue weighted by molar-refractivity contribution is 0.0973. The molecule has 5 heteroatoms. The second-order valence-corrected chi connectivity index (χ2v) is 4.60.